The number of nitrogens with one attached hydrogen (secondary N) is 1. The SMILES string of the molecule is CC(C)(C)CC(C)(C)c1ccc(OC2CCNCC2)cc1. The van der Waals surface area contributed by atoms with Gasteiger partial charge in [0.15, 0.2) is 0 Å². The Balaban J connectivity index is 2.00. The molecule has 2 nitrogen and oxygen atoms in total. The molecule has 0 unspecified atom stereocenters. The molecule has 0 aromatic heterocycles. The van der Waals surface area contributed by atoms with Crippen LogP contribution in [0.25, 0.3) is 0 Å². The molecule has 1 aliphatic heterocycles. The standard InChI is InChI=1S/C19H31NO/c1-18(2,3)14-19(4,5)15-6-8-16(9-7-15)21-17-10-12-20-13-11-17/h6-9,17,20H,10-14H2,1-5H3. The second-order valence-corrected chi connectivity index (χ2v) is 8.21. The van der Waals surface area contributed by atoms with Crippen molar-refractivity contribution in [1.29, 1.82) is 0 Å². The van der Waals surface area contributed by atoms with E-state index >= 15 is 0 Å². The summed E-state index contributed by atoms with van der Waals surface area (Å²) in [5, 5.41) is 3.37. The van der Waals surface area contributed by atoms with Crippen LogP contribution in [0.2, 0.25) is 0 Å². The maximum absolute atomic E-state index is 6.08. The van der Waals surface area contributed by atoms with Gasteiger partial charge in [-0.1, -0.05) is 46.8 Å². The number of hydrogen-bond donors (Lipinski definition) is 1. The van der Waals surface area contributed by atoms with Gasteiger partial charge in [-0.15, -0.1) is 0 Å². The van der Waals surface area contributed by atoms with Crippen LogP contribution in [0.15, 0.2) is 24.3 Å². The Bertz CT molecular complexity index is 436. The predicted molar refractivity (Wildman–Crippen MR) is 90.1 cm³/mol. The van der Waals surface area contributed by atoms with Crippen LogP contribution in [-0.4, -0.2) is 19.2 Å². The molecule has 1 heterocycles. The third-order valence-electron chi connectivity index (χ3n) is 4.20. The van der Waals surface area contributed by atoms with Crippen molar-refractivity contribution in [2.75, 3.05) is 13.1 Å². The molecular formula is C19H31NO. The summed E-state index contributed by atoms with van der Waals surface area (Å²) in [6.07, 6.45) is 3.77. The summed E-state index contributed by atoms with van der Waals surface area (Å²) in [6.45, 7) is 13.7. The lowest BCUT2D eigenvalue weighted by molar-refractivity contribution is 0.162. The van der Waals surface area contributed by atoms with Crippen LogP contribution in [0, 0.1) is 5.41 Å². The molecule has 2 rings (SSSR count). The minimum absolute atomic E-state index is 0.200. The molecule has 0 bridgehead atoms. The van der Waals surface area contributed by atoms with Gasteiger partial charge < -0.3 is 10.1 Å². The number of rotatable bonds is 4. The van der Waals surface area contributed by atoms with Gasteiger partial charge in [0.25, 0.3) is 0 Å². The normalized spacial score (nSPS) is 17.8. The van der Waals surface area contributed by atoms with E-state index in [4.69, 9.17) is 4.74 Å². The van der Waals surface area contributed by atoms with Crippen molar-refractivity contribution >= 4 is 0 Å². The van der Waals surface area contributed by atoms with E-state index in [1.54, 1.807) is 0 Å². The van der Waals surface area contributed by atoms with E-state index in [9.17, 15) is 0 Å². The van der Waals surface area contributed by atoms with Gasteiger partial charge in [0.2, 0.25) is 0 Å². The van der Waals surface area contributed by atoms with E-state index in [-0.39, 0.29) is 5.41 Å². The van der Waals surface area contributed by atoms with E-state index in [1.165, 1.54) is 12.0 Å². The summed E-state index contributed by atoms with van der Waals surface area (Å²) in [5.74, 6) is 1.01. The van der Waals surface area contributed by atoms with Crippen molar-refractivity contribution in [3.8, 4) is 5.75 Å². The summed E-state index contributed by atoms with van der Waals surface area (Å²) in [7, 11) is 0. The van der Waals surface area contributed by atoms with Gasteiger partial charge >= 0.3 is 0 Å². The topological polar surface area (TPSA) is 21.3 Å². The van der Waals surface area contributed by atoms with Crippen molar-refractivity contribution < 1.29 is 4.74 Å². The fraction of sp³-hybridized carbons (Fsp3) is 0.684. The number of hydrogen-bond acceptors (Lipinski definition) is 2. The molecule has 0 saturated carbocycles. The molecule has 1 aliphatic rings. The fourth-order valence-electron chi connectivity index (χ4n) is 3.52. The Morgan fingerprint density at radius 2 is 1.57 bits per heavy atom. The molecule has 21 heavy (non-hydrogen) atoms. The zero-order valence-corrected chi connectivity index (χ0v) is 14.3. The van der Waals surface area contributed by atoms with E-state index in [1.807, 2.05) is 0 Å². The van der Waals surface area contributed by atoms with Crippen molar-refractivity contribution in [1.82, 2.24) is 5.32 Å². The quantitative estimate of drug-likeness (QED) is 0.879. The molecule has 2 heteroatoms. The third-order valence-corrected chi connectivity index (χ3v) is 4.20. The summed E-state index contributed by atoms with van der Waals surface area (Å²) in [6, 6.07) is 8.76. The Hall–Kier alpha value is -1.02. The van der Waals surface area contributed by atoms with E-state index in [2.05, 4.69) is 64.2 Å². The lowest BCUT2D eigenvalue weighted by Gasteiger charge is -2.33. The van der Waals surface area contributed by atoms with Gasteiger partial charge in [-0.3, -0.25) is 0 Å². The van der Waals surface area contributed by atoms with Crippen LogP contribution in [0.1, 0.15) is 59.4 Å². The predicted octanol–water partition coefficient (Wildman–Crippen LogP) is 4.53. The summed E-state index contributed by atoms with van der Waals surface area (Å²) >= 11 is 0. The summed E-state index contributed by atoms with van der Waals surface area (Å²) in [4.78, 5) is 0. The average Bonchev–Trinajstić information content (AvgIpc) is 2.38. The lowest BCUT2D eigenvalue weighted by Crippen LogP contribution is -2.34. The largest absolute Gasteiger partial charge is 0.490 e. The smallest absolute Gasteiger partial charge is 0.119 e. The van der Waals surface area contributed by atoms with Crippen LogP contribution in [0.3, 0.4) is 0 Å². The van der Waals surface area contributed by atoms with Gasteiger partial charge in [0, 0.05) is 0 Å². The molecule has 1 saturated heterocycles. The van der Waals surface area contributed by atoms with E-state index in [0.717, 1.165) is 31.7 Å². The highest BCUT2D eigenvalue weighted by Crippen LogP contribution is 2.36. The molecule has 118 valence electrons. The second-order valence-electron chi connectivity index (χ2n) is 8.21. The van der Waals surface area contributed by atoms with Gasteiger partial charge in [-0.05, 0) is 60.9 Å². The fourth-order valence-corrected chi connectivity index (χ4v) is 3.52. The second kappa shape index (κ2) is 6.39. The molecule has 0 aliphatic carbocycles. The first kappa shape index (κ1) is 16.4. The molecule has 1 aromatic rings. The van der Waals surface area contributed by atoms with Gasteiger partial charge in [-0.2, -0.15) is 0 Å². The monoisotopic (exact) mass is 289 g/mol. The first-order valence-corrected chi connectivity index (χ1v) is 8.24. The van der Waals surface area contributed by atoms with Crippen LogP contribution >= 0.6 is 0 Å². The van der Waals surface area contributed by atoms with Gasteiger partial charge in [0.1, 0.15) is 11.9 Å². The van der Waals surface area contributed by atoms with Crippen LogP contribution in [0.4, 0.5) is 0 Å². The van der Waals surface area contributed by atoms with Crippen molar-refractivity contribution in [2.45, 2.75) is 65.4 Å². The highest BCUT2D eigenvalue weighted by atomic mass is 16.5. The summed E-state index contributed by atoms with van der Waals surface area (Å²) < 4.78 is 6.08. The van der Waals surface area contributed by atoms with Crippen molar-refractivity contribution in [3.05, 3.63) is 29.8 Å². The zero-order valence-electron chi connectivity index (χ0n) is 14.3. The highest BCUT2D eigenvalue weighted by Gasteiger charge is 2.27. The van der Waals surface area contributed by atoms with Crippen LogP contribution < -0.4 is 10.1 Å². The molecule has 0 atom stereocenters. The maximum Gasteiger partial charge on any atom is 0.119 e. The van der Waals surface area contributed by atoms with Crippen molar-refractivity contribution in [3.63, 3.8) is 0 Å². The Kier molecular flexibility index (Phi) is 4.98. The van der Waals surface area contributed by atoms with E-state index < -0.39 is 0 Å². The minimum atomic E-state index is 0.200. The summed E-state index contributed by atoms with van der Waals surface area (Å²) in [5.41, 5.74) is 1.94. The maximum atomic E-state index is 6.08. The van der Waals surface area contributed by atoms with Gasteiger partial charge in [-0.25, -0.2) is 0 Å². The molecule has 1 fully saturated rings. The molecule has 0 amide bonds. The average molecular weight is 289 g/mol. The first-order chi connectivity index (χ1) is 9.76. The molecule has 0 radical (unpaired) electrons. The van der Waals surface area contributed by atoms with Gasteiger partial charge in [0.05, 0.1) is 0 Å². The molecule has 0 spiro atoms. The molecule has 1 aromatic carbocycles. The number of benzene rings is 1. The molecular weight excluding hydrogens is 258 g/mol. The third kappa shape index (κ3) is 5.03. The Labute approximate surface area is 130 Å². The number of piperidine rings is 1. The zero-order chi connectivity index (χ0) is 15.5. The number of ether oxygens (including phenoxy) is 1. The van der Waals surface area contributed by atoms with E-state index in [0.29, 0.717) is 11.5 Å². The van der Waals surface area contributed by atoms with Crippen LogP contribution in [0.5, 0.6) is 5.75 Å². The highest BCUT2D eigenvalue weighted by molar-refractivity contribution is 5.32. The Morgan fingerprint density at radius 3 is 2.10 bits per heavy atom. The van der Waals surface area contributed by atoms with Crippen molar-refractivity contribution in [2.24, 2.45) is 5.41 Å². The molecule has 1 N–H and O–H groups in total. The lowest BCUT2D eigenvalue weighted by atomic mass is 9.72. The minimum Gasteiger partial charge on any atom is -0.490 e. The first-order valence-electron chi connectivity index (χ1n) is 8.24. The Morgan fingerprint density at radius 1 is 1.00 bits per heavy atom. The van der Waals surface area contributed by atoms with Crippen LogP contribution in [-0.2, 0) is 5.41 Å².